The van der Waals surface area contributed by atoms with Gasteiger partial charge in [0.1, 0.15) is 177 Å². The minimum absolute atomic E-state index is 0.329. The van der Waals surface area contributed by atoms with Gasteiger partial charge in [0, 0.05) is 26.0 Å². The van der Waals surface area contributed by atoms with E-state index in [1.54, 1.807) is 0 Å². The van der Waals surface area contributed by atoms with E-state index in [9.17, 15) is 136 Å². The van der Waals surface area contributed by atoms with Crippen molar-refractivity contribution in [3.05, 3.63) is 12.2 Å². The summed E-state index contributed by atoms with van der Waals surface area (Å²) in [6, 6.07) is -5.25. The highest BCUT2D eigenvalue weighted by molar-refractivity contribution is 6.12. The van der Waals surface area contributed by atoms with E-state index in [0.717, 1.165) is 13.8 Å². The molecule has 0 aromatic rings. The van der Waals surface area contributed by atoms with Crippen LogP contribution in [0.4, 0.5) is 0 Å². The van der Waals surface area contributed by atoms with Gasteiger partial charge < -0.3 is 191 Å². The van der Waals surface area contributed by atoms with Crippen molar-refractivity contribution < 1.29 is 198 Å². The summed E-state index contributed by atoms with van der Waals surface area (Å²) < 4.78 is 75.0. The van der Waals surface area contributed by atoms with Gasteiger partial charge in [0.2, 0.25) is 17.7 Å². The average molecular weight is 1450 g/mol. The van der Waals surface area contributed by atoms with E-state index in [1.165, 1.54) is 12.2 Å². The molecule has 8 aliphatic heterocycles. The zero-order valence-corrected chi connectivity index (χ0v) is 52.3. The summed E-state index contributed by atoms with van der Waals surface area (Å²) in [6.07, 6.45) is -64.8. The Balaban J connectivity index is 0.00000185. The first-order valence-electron chi connectivity index (χ1n) is 30.7. The monoisotopic (exact) mass is 1450 g/mol. The van der Waals surface area contributed by atoms with Crippen molar-refractivity contribution in [2.24, 2.45) is 5.73 Å². The first-order chi connectivity index (χ1) is 46.7. The number of carboxylic acid groups (broad SMARTS) is 1. The lowest BCUT2D eigenvalue weighted by Crippen LogP contribution is -2.71. The van der Waals surface area contributed by atoms with Gasteiger partial charge in [-0.3, -0.25) is 34.1 Å². The summed E-state index contributed by atoms with van der Waals surface area (Å²) in [6.45, 7) is -5.15. The Labute approximate surface area is 558 Å². The highest BCUT2D eigenvalue weighted by Crippen LogP contribution is 2.37. The number of imide groups is 1. The predicted molar refractivity (Wildman–Crippen MR) is 303 cm³/mol. The van der Waals surface area contributed by atoms with Gasteiger partial charge in [-0.15, -0.1) is 0 Å². The third kappa shape index (κ3) is 19.4. The Bertz CT molecular complexity index is 2660. The molecule has 0 aromatic heterocycles. The molecule has 0 spiro atoms. The topological polar surface area (TPSA) is 721 Å². The van der Waals surface area contributed by atoms with Crippen molar-refractivity contribution in [1.82, 2.24) is 21.3 Å². The van der Waals surface area contributed by atoms with Crippen LogP contribution >= 0.6 is 0 Å². The Morgan fingerprint density at radius 1 is 0.414 bits per heavy atom. The minimum atomic E-state index is -2.39. The van der Waals surface area contributed by atoms with E-state index in [0.29, 0.717) is 0 Å². The Morgan fingerprint density at radius 3 is 1.16 bits per heavy atom. The van der Waals surface area contributed by atoms with Crippen molar-refractivity contribution in [2.75, 3.05) is 46.2 Å². The lowest BCUT2D eigenvalue weighted by atomic mass is 9.93. The molecule has 7 fully saturated rings. The smallest absolute Gasteiger partial charge is 0.321 e. The van der Waals surface area contributed by atoms with Crippen LogP contribution in [0, 0.1) is 0 Å². The maximum Gasteiger partial charge on any atom is 0.321 e. The van der Waals surface area contributed by atoms with Gasteiger partial charge in [-0.25, -0.2) is 0 Å². The van der Waals surface area contributed by atoms with Crippen LogP contribution in [-0.2, 0) is 90.3 Å². The lowest BCUT2D eigenvalue weighted by molar-refractivity contribution is -0.387. The quantitative estimate of drug-likeness (QED) is 0.0377. The number of amides is 5. The Kier molecular flexibility index (Phi) is 29.9. The van der Waals surface area contributed by atoms with Crippen LogP contribution in [0.25, 0.3) is 0 Å². The van der Waals surface area contributed by atoms with Crippen molar-refractivity contribution >= 4 is 35.5 Å². The molecule has 8 aliphatic rings. The molecular formula is C54H87N5O40. The zero-order chi connectivity index (χ0) is 73.3. The second-order valence-corrected chi connectivity index (χ2v) is 24.0. The molecule has 45 heteroatoms. The van der Waals surface area contributed by atoms with Gasteiger partial charge in [0.15, 0.2) is 44.0 Å². The van der Waals surface area contributed by atoms with E-state index >= 15 is 0 Å². The largest absolute Gasteiger partial charge is 0.480 e. The third-order valence-corrected chi connectivity index (χ3v) is 17.0. The number of rotatable bonds is 25. The average Bonchev–Trinajstić information content (AvgIpc) is 1.06. The molecule has 99 heavy (non-hydrogen) atoms. The van der Waals surface area contributed by atoms with Gasteiger partial charge >= 0.3 is 5.97 Å². The number of carboxylic acids is 1. The summed E-state index contributed by atoms with van der Waals surface area (Å²) in [5, 5.41) is 236. The summed E-state index contributed by atoms with van der Waals surface area (Å²) in [4.78, 5) is 69.5. The van der Waals surface area contributed by atoms with E-state index in [4.69, 9.17) is 67.3 Å². The molecule has 27 N–H and O–H groups in total. The van der Waals surface area contributed by atoms with E-state index in [-0.39, 0.29) is 11.8 Å². The molecule has 0 aromatic carbocycles. The van der Waals surface area contributed by atoms with Crippen LogP contribution in [0.1, 0.15) is 20.3 Å². The molecule has 7 saturated heterocycles. The first kappa shape index (κ1) is 81.7. The second kappa shape index (κ2) is 36.2. The normalized spacial score (nSPS) is 45.1. The zero-order valence-electron chi connectivity index (χ0n) is 52.3. The fourth-order valence-corrected chi connectivity index (χ4v) is 11.6. The highest BCUT2D eigenvalue weighted by Gasteiger charge is 2.58. The fraction of sp³-hybridized carbons (Fsp3) is 0.852. The SMILES string of the molecule is CC(=O)N[C@@H]1[C@@H](O)[C@H](O[C@@H]2O[C@H](CO)[C@@H](O[C@@H]3O[C@H](CO[C@H]4O[C@H](CO[C@H]5O[C@H](CO)[C@@H](O)[C@H](O)[C@@H]5O)[C@@H](O)[C@H](O[C@H]5O[C@H](CO)[C@@H](O)[C@H](O)[C@@H]5O)[C@@H]4O)[C@@H](O)[C@H](O[C@H]4O[C@H](CO)[C@@H](O)[C@H](O)[C@@H]4O)[C@@H]3O)[C@H](O)[C@H]2NC(C)=O)[C@@H](CO)O[C@H]1NC(=O)C[C@H](N)C(=O)O.O=C1C=CC(=O)N1. The van der Waals surface area contributed by atoms with Gasteiger partial charge in [-0.2, -0.15) is 0 Å². The number of ether oxygens (including phenoxy) is 13. The molecule has 0 unspecified atom stereocenters. The van der Waals surface area contributed by atoms with Crippen molar-refractivity contribution in [2.45, 2.75) is 241 Å². The van der Waals surface area contributed by atoms with Crippen LogP contribution in [-0.4, -0.2) is 410 Å². The molecule has 0 aliphatic carbocycles. The number of nitrogens with one attached hydrogen (secondary N) is 4. The number of aliphatic hydroxyl groups is 20. The van der Waals surface area contributed by atoms with Gasteiger partial charge in [-0.1, -0.05) is 0 Å². The first-order valence-corrected chi connectivity index (χ1v) is 30.7. The number of carbonyl (C=O) groups is 6. The fourth-order valence-electron chi connectivity index (χ4n) is 11.6. The number of aliphatic hydroxyl groups excluding tert-OH is 20. The van der Waals surface area contributed by atoms with Crippen LogP contribution in [0.5, 0.6) is 0 Å². The number of hydrogen-bond acceptors (Lipinski definition) is 40. The predicted octanol–water partition coefficient (Wildman–Crippen LogP) is -17.9. The van der Waals surface area contributed by atoms with Crippen LogP contribution < -0.4 is 27.0 Å². The van der Waals surface area contributed by atoms with E-state index in [2.05, 4.69) is 16.0 Å². The number of hydrogen-bond donors (Lipinski definition) is 26. The second-order valence-electron chi connectivity index (χ2n) is 24.0. The van der Waals surface area contributed by atoms with Gasteiger partial charge in [0.05, 0.1) is 52.7 Å². The standard InChI is InChI=1S/C50H84N4O38.C4H3NO2/c1-11(60)52-22-29(68)39(17(7-58)82-43(22)54-21(62)3-13(51)44(78)79)89-45-23(53-12(2)61)30(69)40(18(8-59)86-45)90-50-38(77)42(92-49-36(75)33(72)26(65)16(6-57)85-49)28(67)20(88-50)10-81-47-37(76)41(91-48-35(74)32(71)25(64)15(5-56)84-48)27(66)19(87-47)9-80-46-34(73)31(70)24(63)14(4-55)83-46;6-3-1-2-4(7)5-3/h13-20,22-43,45-50,55-59,63-77H,3-10,51H2,1-2H3,(H,52,60)(H,53,61)(H,54,62)(H,78,79);1-2H,(H,5,6,7)/t13-,14+,15+,16+,17+,18+,19+,20+,22+,23+,24+,25+,26+,27+,28+,29+,30+,31-,32-,33-,34-,35-,36-,37-,38-,39+,40+,41-,42-,43+,45-,46-,47-,48+,49+,50-;/m0./s1. The molecule has 0 bridgehead atoms. The molecule has 0 radical (unpaired) electrons. The minimum Gasteiger partial charge on any atom is -0.480 e. The lowest BCUT2D eigenvalue weighted by Gasteiger charge is -2.50. The maximum absolute atomic E-state index is 12.8. The molecule has 8 rings (SSSR count). The summed E-state index contributed by atoms with van der Waals surface area (Å²) in [5.74, 6) is -5.00. The van der Waals surface area contributed by atoms with E-state index in [1.807, 2.05) is 5.32 Å². The number of carbonyl (C=O) groups excluding carboxylic acids is 5. The molecular weight excluding hydrogens is 1360 g/mol. The maximum atomic E-state index is 12.8. The van der Waals surface area contributed by atoms with Crippen LogP contribution in [0.3, 0.4) is 0 Å². The van der Waals surface area contributed by atoms with Crippen molar-refractivity contribution in [3.63, 3.8) is 0 Å². The Morgan fingerprint density at radius 2 is 0.747 bits per heavy atom. The third-order valence-electron chi connectivity index (χ3n) is 17.0. The van der Waals surface area contributed by atoms with Crippen molar-refractivity contribution in [3.8, 4) is 0 Å². The number of aliphatic carboxylic acids is 1. The number of nitrogens with two attached hydrogens (primary N) is 1. The molecule has 8 heterocycles. The Hall–Kier alpha value is -4.60. The summed E-state index contributed by atoms with van der Waals surface area (Å²) in [7, 11) is 0. The molecule has 36 atom stereocenters. The van der Waals surface area contributed by atoms with Crippen LogP contribution in [0.15, 0.2) is 12.2 Å². The molecule has 568 valence electrons. The van der Waals surface area contributed by atoms with Gasteiger partial charge in [0.25, 0.3) is 11.8 Å². The summed E-state index contributed by atoms with van der Waals surface area (Å²) >= 11 is 0. The molecule has 45 nitrogen and oxygen atoms in total. The van der Waals surface area contributed by atoms with Gasteiger partial charge in [-0.05, 0) is 0 Å². The van der Waals surface area contributed by atoms with E-state index < -0.39 is 297 Å². The molecule has 0 saturated carbocycles. The highest BCUT2D eigenvalue weighted by atomic mass is 16.8. The van der Waals surface area contributed by atoms with Crippen molar-refractivity contribution in [1.29, 1.82) is 0 Å². The summed E-state index contributed by atoms with van der Waals surface area (Å²) in [5.41, 5.74) is 5.48. The van der Waals surface area contributed by atoms with Crippen LogP contribution in [0.2, 0.25) is 0 Å². The molecule has 5 amide bonds.